The van der Waals surface area contributed by atoms with E-state index in [1.54, 1.807) is 0 Å². The number of likely N-dealkylation sites (tertiary alicyclic amines) is 1. The van der Waals surface area contributed by atoms with Gasteiger partial charge in [0.2, 0.25) is 5.91 Å². The summed E-state index contributed by atoms with van der Waals surface area (Å²) in [4.78, 5) is 24.1. The number of nitrogens with zero attached hydrogens (tertiary/aromatic N) is 4. The average molecular weight is 352 g/mol. The van der Waals surface area contributed by atoms with E-state index in [1.807, 2.05) is 4.90 Å². The first kappa shape index (κ1) is 20.0. The lowest BCUT2D eigenvalue weighted by molar-refractivity contribution is -0.145. The van der Waals surface area contributed by atoms with E-state index in [0.29, 0.717) is 12.5 Å². The predicted molar refractivity (Wildman–Crippen MR) is 104 cm³/mol. The van der Waals surface area contributed by atoms with Crippen LogP contribution < -0.4 is 5.32 Å². The Kier molecular flexibility index (Phi) is 6.72. The average Bonchev–Trinajstić information content (AvgIpc) is 2.50. The number of aliphatic imine (C=N–C) groups is 1. The molecule has 6 nitrogen and oxygen atoms in total. The fourth-order valence-corrected chi connectivity index (χ4v) is 4.20. The Hall–Kier alpha value is -1.30. The Balaban J connectivity index is 2.06. The quantitative estimate of drug-likeness (QED) is 0.618. The second-order valence-electron chi connectivity index (χ2n) is 8.47. The summed E-state index contributed by atoms with van der Waals surface area (Å²) in [6.45, 7) is 15.8. The van der Waals surface area contributed by atoms with Crippen molar-refractivity contribution in [1.82, 2.24) is 20.0 Å². The maximum absolute atomic E-state index is 12.7. The fraction of sp³-hybridized carbons (Fsp3) is 0.895. The summed E-state index contributed by atoms with van der Waals surface area (Å²) in [5, 5.41) is 3.40. The van der Waals surface area contributed by atoms with Crippen molar-refractivity contribution in [2.75, 3.05) is 46.3 Å². The molecule has 1 amide bonds. The summed E-state index contributed by atoms with van der Waals surface area (Å²) in [6.07, 6.45) is 2.43. The molecule has 0 unspecified atom stereocenters. The second-order valence-corrected chi connectivity index (χ2v) is 8.47. The van der Waals surface area contributed by atoms with Crippen LogP contribution in [0.5, 0.6) is 0 Å². The zero-order valence-corrected chi connectivity index (χ0v) is 17.0. The molecule has 0 saturated carbocycles. The van der Waals surface area contributed by atoms with Gasteiger partial charge in [0.1, 0.15) is 0 Å². The number of piperidine rings is 1. The zero-order valence-electron chi connectivity index (χ0n) is 17.0. The van der Waals surface area contributed by atoms with Crippen LogP contribution in [0.4, 0.5) is 0 Å². The summed E-state index contributed by atoms with van der Waals surface area (Å²) >= 11 is 0. The highest BCUT2D eigenvalue weighted by molar-refractivity contribution is 5.88. The van der Waals surface area contributed by atoms with Crippen molar-refractivity contribution in [3.8, 4) is 0 Å². The molecule has 25 heavy (non-hydrogen) atoms. The number of guanidine groups is 1. The first-order valence-electron chi connectivity index (χ1n) is 9.78. The second kappa shape index (κ2) is 8.39. The maximum atomic E-state index is 12.7. The molecule has 2 aliphatic rings. The molecule has 0 aromatic carbocycles. The topological polar surface area (TPSA) is 51.2 Å². The number of hydrogen-bond acceptors (Lipinski definition) is 3. The van der Waals surface area contributed by atoms with Crippen molar-refractivity contribution < 1.29 is 4.79 Å². The van der Waals surface area contributed by atoms with Crippen molar-refractivity contribution in [3.05, 3.63) is 0 Å². The van der Waals surface area contributed by atoms with Gasteiger partial charge in [0.15, 0.2) is 5.96 Å². The van der Waals surface area contributed by atoms with Crippen LogP contribution in [-0.4, -0.2) is 84.5 Å². The van der Waals surface area contributed by atoms with E-state index in [9.17, 15) is 4.79 Å². The van der Waals surface area contributed by atoms with Gasteiger partial charge in [-0.05, 0) is 73.5 Å². The van der Waals surface area contributed by atoms with Crippen LogP contribution in [0, 0.1) is 5.92 Å². The third kappa shape index (κ3) is 5.09. The Morgan fingerprint density at radius 3 is 2.48 bits per heavy atom. The molecule has 2 fully saturated rings. The minimum atomic E-state index is -0.187. The summed E-state index contributed by atoms with van der Waals surface area (Å²) in [5.74, 6) is 1.74. The third-order valence-electron chi connectivity index (χ3n) is 5.31. The molecular formula is C19H37N5O. The summed E-state index contributed by atoms with van der Waals surface area (Å²) in [5.41, 5.74) is -0.187. The number of carbonyl (C=O) groups is 1. The molecular weight excluding hydrogens is 314 g/mol. The number of rotatable bonds is 4. The van der Waals surface area contributed by atoms with Gasteiger partial charge in [0.25, 0.3) is 0 Å². The normalized spacial score (nSPS) is 23.5. The van der Waals surface area contributed by atoms with Crippen LogP contribution in [0.1, 0.15) is 47.5 Å². The highest BCUT2D eigenvalue weighted by Crippen LogP contribution is 2.24. The Morgan fingerprint density at radius 1 is 1.32 bits per heavy atom. The predicted octanol–water partition coefficient (Wildman–Crippen LogP) is 1.62. The van der Waals surface area contributed by atoms with Crippen LogP contribution in [0.2, 0.25) is 0 Å². The molecule has 0 atom stereocenters. The number of piperazine rings is 1. The minimum Gasteiger partial charge on any atom is -0.357 e. The Morgan fingerprint density at radius 2 is 1.96 bits per heavy atom. The van der Waals surface area contributed by atoms with Gasteiger partial charge in [-0.25, -0.2) is 0 Å². The third-order valence-corrected chi connectivity index (χ3v) is 5.31. The van der Waals surface area contributed by atoms with Crippen LogP contribution >= 0.6 is 0 Å². The highest BCUT2D eigenvalue weighted by atomic mass is 16.2. The summed E-state index contributed by atoms with van der Waals surface area (Å²) in [7, 11) is 2.19. The molecule has 6 heteroatoms. The van der Waals surface area contributed by atoms with Crippen molar-refractivity contribution >= 4 is 11.9 Å². The van der Waals surface area contributed by atoms with Gasteiger partial charge in [-0.3, -0.25) is 9.79 Å². The molecule has 2 saturated heterocycles. The molecule has 0 spiro atoms. The molecule has 0 aromatic heterocycles. The smallest absolute Gasteiger partial charge is 0.242 e. The SMILES string of the molecule is CCNC(=NCC1CCN(C)CC1)N1CC(=O)N(C(C)C)C(C)(C)C1. The van der Waals surface area contributed by atoms with E-state index in [4.69, 9.17) is 4.99 Å². The van der Waals surface area contributed by atoms with E-state index in [1.165, 1.54) is 12.8 Å². The van der Waals surface area contributed by atoms with E-state index in [2.05, 4.69) is 56.8 Å². The van der Waals surface area contributed by atoms with Gasteiger partial charge in [-0.1, -0.05) is 0 Å². The van der Waals surface area contributed by atoms with E-state index < -0.39 is 0 Å². The van der Waals surface area contributed by atoms with Crippen LogP contribution in [0.3, 0.4) is 0 Å². The number of amides is 1. The maximum Gasteiger partial charge on any atom is 0.242 e. The van der Waals surface area contributed by atoms with Gasteiger partial charge in [-0.2, -0.15) is 0 Å². The van der Waals surface area contributed by atoms with Gasteiger partial charge in [0.05, 0.1) is 12.1 Å². The number of hydrogen-bond donors (Lipinski definition) is 1. The van der Waals surface area contributed by atoms with Crippen LogP contribution in [0.15, 0.2) is 4.99 Å². The van der Waals surface area contributed by atoms with Gasteiger partial charge in [-0.15, -0.1) is 0 Å². The van der Waals surface area contributed by atoms with Gasteiger partial charge >= 0.3 is 0 Å². The molecule has 2 aliphatic heterocycles. The molecule has 1 N–H and O–H groups in total. The lowest BCUT2D eigenvalue weighted by Gasteiger charge is -2.49. The van der Waals surface area contributed by atoms with Gasteiger partial charge in [0, 0.05) is 25.7 Å². The molecule has 0 bridgehead atoms. The molecule has 0 aliphatic carbocycles. The van der Waals surface area contributed by atoms with Crippen molar-refractivity contribution in [1.29, 1.82) is 0 Å². The van der Waals surface area contributed by atoms with E-state index in [-0.39, 0.29) is 17.5 Å². The number of nitrogens with one attached hydrogen (secondary N) is 1. The number of carbonyl (C=O) groups excluding carboxylic acids is 1. The molecule has 144 valence electrons. The molecule has 0 aromatic rings. The molecule has 2 rings (SSSR count). The lowest BCUT2D eigenvalue weighted by Crippen LogP contribution is -2.66. The van der Waals surface area contributed by atoms with E-state index in [0.717, 1.165) is 38.7 Å². The first-order valence-corrected chi connectivity index (χ1v) is 9.78. The highest BCUT2D eigenvalue weighted by Gasteiger charge is 2.40. The lowest BCUT2D eigenvalue weighted by atomic mass is 9.96. The first-order chi connectivity index (χ1) is 11.7. The van der Waals surface area contributed by atoms with Crippen molar-refractivity contribution in [2.45, 2.75) is 59.0 Å². The largest absolute Gasteiger partial charge is 0.357 e. The monoisotopic (exact) mass is 351 g/mol. The fourth-order valence-electron chi connectivity index (χ4n) is 4.20. The van der Waals surface area contributed by atoms with E-state index >= 15 is 0 Å². The van der Waals surface area contributed by atoms with Crippen molar-refractivity contribution in [3.63, 3.8) is 0 Å². The molecule has 2 heterocycles. The van der Waals surface area contributed by atoms with Crippen molar-refractivity contribution in [2.24, 2.45) is 10.9 Å². The minimum absolute atomic E-state index is 0.187. The standard InChI is InChI=1S/C19H37N5O/c1-7-20-18(21-12-16-8-10-22(6)11-9-16)23-13-17(25)24(15(2)3)19(4,5)14-23/h15-16H,7-14H2,1-6H3,(H,20,21). The Labute approximate surface area is 153 Å². The zero-order chi connectivity index (χ0) is 18.6. The summed E-state index contributed by atoms with van der Waals surface area (Å²) < 4.78 is 0. The van der Waals surface area contributed by atoms with Gasteiger partial charge < -0.3 is 20.0 Å². The molecule has 0 radical (unpaired) electrons. The van der Waals surface area contributed by atoms with Crippen LogP contribution in [0.25, 0.3) is 0 Å². The Bertz CT molecular complexity index is 480. The summed E-state index contributed by atoms with van der Waals surface area (Å²) in [6, 6.07) is 0.225. The van der Waals surface area contributed by atoms with Crippen LogP contribution in [-0.2, 0) is 4.79 Å².